The van der Waals surface area contributed by atoms with Gasteiger partial charge in [0.2, 0.25) is 0 Å². The van der Waals surface area contributed by atoms with E-state index in [1.807, 2.05) is 29.1 Å². The minimum atomic E-state index is -0.210. The molecule has 0 atom stereocenters. The van der Waals surface area contributed by atoms with Crippen LogP contribution in [0.4, 0.5) is 0 Å². The largest absolute Gasteiger partial charge is 0.350 e. The zero-order valence-electron chi connectivity index (χ0n) is 10.9. The van der Waals surface area contributed by atoms with Gasteiger partial charge >= 0.3 is 0 Å². The van der Waals surface area contributed by atoms with Crippen LogP contribution in [0.3, 0.4) is 0 Å². The highest BCUT2D eigenvalue weighted by atomic mass is 32.1. The summed E-state index contributed by atoms with van der Waals surface area (Å²) in [5.41, 5.74) is 2.09. The Morgan fingerprint density at radius 3 is 3.05 bits per heavy atom. The van der Waals surface area contributed by atoms with Gasteiger partial charge in [0.05, 0.1) is 17.6 Å². The van der Waals surface area contributed by atoms with Gasteiger partial charge in [-0.2, -0.15) is 0 Å². The summed E-state index contributed by atoms with van der Waals surface area (Å²) in [7, 11) is 0. The SMILES string of the molecule is Cc1cnc(C(=O)NCCc2cn3ccsc3n2)cn1. The predicted octanol–water partition coefficient (Wildman–Crippen LogP) is 1.47. The number of aryl methyl sites for hydroxylation is 1. The molecule has 0 saturated carbocycles. The van der Waals surface area contributed by atoms with Gasteiger partial charge in [0.1, 0.15) is 5.69 Å². The zero-order valence-corrected chi connectivity index (χ0v) is 11.7. The summed E-state index contributed by atoms with van der Waals surface area (Å²) in [4.78, 5) is 25.3. The van der Waals surface area contributed by atoms with E-state index in [4.69, 9.17) is 0 Å². The minimum absolute atomic E-state index is 0.210. The summed E-state index contributed by atoms with van der Waals surface area (Å²) in [6.07, 6.45) is 7.70. The number of rotatable bonds is 4. The molecule has 3 aromatic heterocycles. The summed E-state index contributed by atoms with van der Waals surface area (Å²) in [6, 6.07) is 0. The van der Waals surface area contributed by atoms with E-state index in [-0.39, 0.29) is 5.91 Å². The number of thiazole rings is 1. The highest BCUT2D eigenvalue weighted by molar-refractivity contribution is 7.15. The first-order valence-electron chi connectivity index (χ1n) is 6.20. The van der Waals surface area contributed by atoms with Crippen molar-refractivity contribution in [2.24, 2.45) is 0 Å². The average molecular weight is 287 g/mol. The fraction of sp³-hybridized carbons (Fsp3) is 0.231. The smallest absolute Gasteiger partial charge is 0.271 e. The number of hydrogen-bond acceptors (Lipinski definition) is 5. The Kier molecular flexibility index (Phi) is 3.42. The topological polar surface area (TPSA) is 72.2 Å². The molecule has 0 saturated heterocycles. The minimum Gasteiger partial charge on any atom is -0.350 e. The van der Waals surface area contributed by atoms with E-state index in [1.54, 1.807) is 17.5 Å². The Morgan fingerprint density at radius 1 is 1.40 bits per heavy atom. The Balaban J connectivity index is 1.55. The van der Waals surface area contributed by atoms with Crippen molar-refractivity contribution in [2.75, 3.05) is 6.54 Å². The maximum atomic E-state index is 11.8. The van der Waals surface area contributed by atoms with Crippen LogP contribution in [-0.4, -0.2) is 31.8 Å². The van der Waals surface area contributed by atoms with Gasteiger partial charge in [-0.1, -0.05) is 0 Å². The second-order valence-corrected chi connectivity index (χ2v) is 5.25. The van der Waals surface area contributed by atoms with Gasteiger partial charge in [-0.15, -0.1) is 11.3 Å². The molecule has 0 aromatic carbocycles. The van der Waals surface area contributed by atoms with E-state index in [1.165, 1.54) is 6.20 Å². The molecule has 0 bridgehead atoms. The second-order valence-electron chi connectivity index (χ2n) is 4.37. The van der Waals surface area contributed by atoms with Crippen molar-refractivity contribution in [3.8, 4) is 0 Å². The Labute approximate surface area is 119 Å². The molecule has 3 heterocycles. The molecule has 6 nitrogen and oxygen atoms in total. The van der Waals surface area contributed by atoms with Crippen molar-refractivity contribution < 1.29 is 4.79 Å². The molecular weight excluding hydrogens is 274 g/mol. The maximum Gasteiger partial charge on any atom is 0.271 e. The fourth-order valence-corrected chi connectivity index (χ4v) is 2.52. The lowest BCUT2D eigenvalue weighted by atomic mass is 10.3. The zero-order chi connectivity index (χ0) is 13.9. The van der Waals surface area contributed by atoms with E-state index in [9.17, 15) is 4.79 Å². The molecule has 0 unspecified atom stereocenters. The highest BCUT2D eigenvalue weighted by Crippen LogP contribution is 2.11. The van der Waals surface area contributed by atoms with Gasteiger partial charge in [-0.3, -0.25) is 14.2 Å². The number of carbonyl (C=O) groups is 1. The van der Waals surface area contributed by atoms with E-state index in [2.05, 4.69) is 20.3 Å². The van der Waals surface area contributed by atoms with Crippen LogP contribution >= 0.6 is 11.3 Å². The maximum absolute atomic E-state index is 11.8. The normalized spacial score (nSPS) is 10.8. The summed E-state index contributed by atoms with van der Waals surface area (Å²) in [5, 5.41) is 4.81. The van der Waals surface area contributed by atoms with Crippen LogP contribution in [0, 0.1) is 6.92 Å². The Bertz CT molecular complexity index is 702. The molecule has 1 amide bonds. The van der Waals surface area contributed by atoms with Crippen LogP contribution in [0.25, 0.3) is 4.96 Å². The summed E-state index contributed by atoms with van der Waals surface area (Å²) >= 11 is 1.59. The number of imidazole rings is 1. The molecule has 3 rings (SSSR count). The van der Waals surface area contributed by atoms with Gasteiger partial charge in [0, 0.05) is 36.9 Å². The molecule has 7 heteroatoms. The number of fused-ring (bicyclic) bond motifs is 1. The molecule has 0 radical (unpaired) electrons. The molecule has 0 aliphatic rings. The molecule has 0 aliphatic carbocycles. The van der Waals surface area contributed by atoms with E-state index in [0.29, 0.717) is 18.7 Å². The van der Waals surface area contributed by atoms with Crippen LogP contribution < -0.4 is 5.32 Å². The molecule has 0 spiro atoms. The standard InChI is InChI=1S/C13H13N5OS/c1-9-6-16-11(7-15-9)12(19)14-3-2-10-8-18-4-5-20-13(18)17-10/h4-8H,2-3H2,1H3,(H,14,19). The van der Waals surface area contributed by atoms with Crippen LogP contribution in [0.15, 0.2) is 30.2 Å². The molecule has 20 heavy (non-hydrogen) atoms. The number of aromatic nitrogens is 4. The van der Waals surface area contributed by atoms with Crippen LogP contribution in [0.1, 0.15) is 21.9 Å². The summed E-state index contributed by atoms with van der Waals surface area (Å²) in [6.45, 7) is 2.36. The van der Waals surface area contributed by atoms with E-state index in [0.717, 1.165) is 16.3 Å². The monoisotopic (exact) mass is 287 g/mol. The molecule has 1 N–H and O–H groups in total. The lowest BCUT2D eigenvalue weighted by Crippen LogP contribution is -2.26. The Morgan fingerprint density at radius 2 is 2.30 bits per heavy atom. The third-order valence-electron chi connectivity index (χ3n) is 2.82. The van der Waals surface area contributed by atoms with Gasteiger partial charge < -0.3 is 5.32 Å². The molecule has 3 aromatic rings. The quantitative estimate of drug-likeness (QED) is 0.788. The van der Waals surface area contributed by atoms with Gasteiger partial charge in [-0.05, 0) is 6.92 Å². The highest BCUT2D eigenvalue weighted by Gasteiger charge is 2.07. The van der Waals surface area contributed by atoms with Crippen molar-refractivity contribution in [1.29, 1.82) is 0 Å². The van der Waals surface area contributed by atoms with Crippen LogP contribution in [0.5, 0.6) is 0 Å². The first kappa shape index (κ1) is 12.7. The predicted molar refractivity (Wildman–Crippen MR) is 75.9 cm³/mol. The van der Waals surface area contributed by atoms with Crippen molar-refractivity contribution in [3.63, 3.8) is 0 Å². The van der Waals surface area contributed by atoms with E-state index >= 15 is 0 Å². The second kappa shape index (κ2) is 5.38. The molecular formula is C13H13N5OS. The molecule has 102 valence electrons. The third-order valence-corrected chi connectivity index (χ3v) is 3.59. The van der Waals surface area contributed by atoms with Gasteiger partial charge in [-0.25, -0.2) is 9.97 Å². The number of nitrogens with zero attached hydrogens (tertiary/aromatic N) is 4. The summed E-state index contributed by atoms with van der Waals surface area (Å²) < 4.78 is 1.98. The first-order chi connectivity index (χ1) is 9.72. The van der Waals surface area contributed by atoms with E-state index < -0.39 is 0 Å². The number of hydrogen-bond donors (Lipinski definition) is 1. The third kappa shape index (κ3) is 2.67. The molecule has 0 aliphatic heterocycles. The van der Waals surface area contributed by atoms with Gasteiger partial charge in [0.25, 0.3) is 5.91 Å². The molecule has 0 fully saturated rings. The number of carbonyl (C=O) groups excluding carboxylic acids is 1. The number of nitrogens with one attached hydrogen (secondary N) is 1. The lowest BCUT2D eigenvalue weighted by molar-refractivity contribution is 0.0948. The van der Waals surface area contributed by atoms with Crippen molar-refractivity contribution in [2.45, 2.75) is 13.3 Å². The van der Waals surface area contributed by atoms with Crippen molar-refractivity contribution in [3.05, 3.63) is 47.2 Å². The summed E-state index contributed by atoms with van der Waals surface area (Å²) in [5.74, 6) is -0.210. The van der Waals surface area contributed by atoms with Crippen molar-refractivity contribution >= 4 is 22.2 Å². The fourth-order valence-electron chi connectivity index (χ4n) is 1.80. The average Bonchev–Trinajstić information content (AvgIpc) is 3.00. The van der Waals surface area contributed by atoms with Crippen LogP contribution in [0.2, 0.25) is 0 Å². The van der Waals surface area contributed by atoms with Gasteiger partial charge in [0.15, 0.2) is 4.96 Å². The van der Waals surface area contributed by atoms with Crippen molar-refractivity contribution in [1.82, 2.24) is 24.7 Å². The lowest BCUT2D eigenvalue weighted by Gasteiger charge is -2.03. The first-order valence-corrected chi connectivity index (χ1v) is 7.08. The van der Waals surface area contributed by atoms with Crippen LogP contribution in [-0.2, 0) is 6.42 Å². The Hall–Kier alpha value is -2.28. The number of amides is 1.